The van der Waals surface area contributed by atoms with Crippen molar-refractivity contribution in [2.75, 3.05) is 0 Å². The minimum atomic E-state index is -0.546. The second-order valence-corrected chi connectivity index (χ2v) is 2.73. The zero-order chi connectivity index (χ0) is 9.84. The van der Waals surface area contributed by atoms with Gasteiger partial charge >= 0.3 is 0 Å². The van der Waals surface area contributed by atoms with E-state index in [1.54, 1.807) is 0 Å². The molecular weight excluding hydrogens is 194 g/mol. The van der Waals surface area contributed by atoms with Gasteiger partial charge in [0.05, 0.1) is 18.0 Å². The zero-order valence-corrected chi connectivity index (χ0v) is 7.47. The topological polar surface area (TPSA) is 88.8 Å². The van der Waals surface area contributed by atoms with Crippen LogP contribution >= 0.6 is 11.6 Å². The molecule has 0 aliphatic heterocycles. The standard InChI is InChI=1S/C7H8ClN3O2/c8-3-4-1-7(13)11-6(10-4)2-5(9)12/h1H,2-3H2,(H2,9,12)(H,10,11,13). The lowest BCUT2D eigenvalue weighted by Gasteiger charge is -1.98. The van der Waals surface area contributed by atoms with Gasteiger partial charge in [0, 0.05) is 6.07 Å². The Hall–Kier alpha value is -1.36. The number of nitrogens with one attached hydrogen (secondary N) is 1. The van der Waals surface area contributed by atoms with Gasteiger partial charge in [-0.05, 0) is 0 Å². The highest BCUT2D eigenvalue weighted by Crippen LogP contribution is 1.96. The molecule has 0 atom stereocenters. The highest BCUT2D eigenvalue weighted by atomic mass is 35.5. The summed E-state index contributed by atoms with van der Waals surface area (Å²) in [6.45, 7) is 0. The Kier molecular flexibility index (Phi) is 3.02. The number of carbonyl (C=O) groups excluding carboxylic acids is 1. The summed E-state index contributed by atoms with van der Waals surface area (Å²) in [5, 5.41) is 0. The number of hydrogen-bond donors (Lipinski definition) is 2. The van der Waals surface area contributed by atoms with Crippen molar-refractivity contribution in [3.8, 4) is 0 Å². The number of aromatic nitrogens is 2. The average molecular weight is 202 g/mol. The number of aromatic amines is 1. The summed E-state index contributed by atoms with van der Waals surface area (Å²) in [6.07, 6.45) is -0.0834. The maximum atomic E-state index is 10.9. The Morgan fingerprint density at radius 3 is 2.92 bits per heavy atom. The van der Waals surface area contributed by atoms with E-state index < -0.39 is 5.91 Å². The van der Waals surface area contributed by atoms with Gasteiger partial charge in [0.25, 0.3) is 5.56 Å². The van der Waals surface area contributed by atoms with Crippen LogP contribution in [-0.4, -0.2) is 15.9 Å². The van der Waals surface area contributed by atoms with Crippen molar-refractivity contribution in [1.29, 1.82) is 0 Å². The van der Waals surface area contributed by atoms with Crippen LogP contribution in [0.3, 0.4) is 0 Å². The highest BCUT2D eigenvalue weighted by Gasteiger charge is 2.03. The molecule has 1 rings (SSSR count). The summed E-state index contributed by atoms with van der Waals surface area (Å²) in [4.78, 5) is 27.7. The molecule has 5 nitrogen and oxygen atoms in total. The first-order valence-electron chi connectivity index (χ1n) is 3.55. The van der Waals surface area contributed by atoms with E-state index in [1.807, 2.05) is 0 Å². The Labute approximate surface area is 78.9 Å². The number of nitrogens with zero attached hydrogens (tertiary/aromatic N) is 1. The van der Waals surface area contributed by atoms with Gasteiger partial charge in [-0.3, -0.25) is 9.59 Å². The van der Waals surface area contributed by atoms with Crippen molar-refractivity contribution in [3.05, 3.63) is 27.9 Å². The van der Waals surface area contributed by atoms with Gasteiger partial charge < -0.3 is 10.7 Å². The maximum absolute atomic E-state index is 10.9. The fraction of sp³-hybridized carbons (Fsp3) is 0.286. The van der Waals surface area contributed by atoms with Gasteiger partial charge in [0.1, 0.15) is 5.82 Å². The molecule has 0 aliphatic rings. The Morgan fingerprint density at radius 1 is 1.69 bits per heavy atom. The minimum Gasteiger partial charge on any atom is -0.369 e. The molecule has 0 saturated heterocycles. The Morgan fingerprint density at radius 2 is 2.38 bits per heavy atom. The molecule has 13 heavy (non-hydrogen) atoms. The quantitative estimate of drug-likeness (QED) is 0.649. The molecule has 0 spiro atoms. The van der Waals surface area contributed by atoms with Gasteiger partial charge in [0.15, 0.2) is 0 Å². The lowest BCUT2D eigenvalue weighted by Crippen LogP contribution is -2.19. The summed E-state index contributed by atoms with van der Waals surface area (Å²) >= 11 is 5.48. The van der Waals surface area contributed by atoms with Gasteiger partial charge in [-0.1, -0.05) is 0 Å². The van der Waals surface area contributed by atoms with Gasteiger partial charge in [0.2, 0.25) is 5.91 Å². The van der Waals surface area contributed by atoms with Crippen LogP contribution in [0.4, 0.5) is 0 Å². The fourth-order valence-corrected chi connectivity index (χ4v) is 1.02. The van der Waals surface area contributed by atoms with Crippen molar-refractivity contribution in [2.45, 2.75) is 12.3 Å². The lowest BCUT2D eigenvalue weighted by molar-refractivity contribution is -0.117. The van der Waals surface area contributed by atoms with Gasteiger partial charge in [-0.25, -0.2) is 4.98 Å². The van der Waals surface area contributed by atoms with E-state index in [-0.39, 0.29) is 23.7 Å². The first-order chi connectivity index (χ1) is 6.11. The predicted octanol–water partition coefficient (Wildman–Crippen LogP) is -0.464. The fourth-order valence-electron chi connectivity index (χ4n) is 0.880. The van der Waals surface area contributed by atoms with Crippen molar-refractivity contribution in [2.24, 2.45) is 5.73 Å². The summed E-state index contributed by atoms with van der Waals surface area (Å²) in [5.74, 6) is -0.166. The van der Waals surface area contributed by atoms with Crippen LogP contribution in [0.25, 0.3) is 0 Å². The van der Waals surface area contributed by atoms with E-state index in [0.717, 1.165) is 0 Å². The Balaban J connectivity index is 3.01. The van der Waals surface area contributed by atoms with Gasteiger partial charge in [-0.2, -0.15) is 0 Å². The largest absolute Gasteiger partial charge is 0.369 e. The van der Waals surface area contributed by atoms with E-state index in [4.69, 9.17) is 17.3 Å². The summed E-state index contributed by atoms with van der Waals surface area (Å²) in [7, 11) is 0. The molecule has 0 radical (unpaired) electrons. The van der Waals surface area contributed by atoms with E-state index >= 15 is 0 Å². The molecule has 0 unspecified atom stereocenters. The third-order valence-corrected chi connectivity index (χ3v) is 1.60. The monoisotopic (exact) mass is 201 g/mol. The number of H-pyrrole nitrogens is 1. The molecule has 0 aliphatic carbocycles. The number of carbonyl (C=O) groups is 1. The van der Waals surface area contributed by atoms with Crippen molar-refractivity contribution >= 4 is 17.5 Å². The highest BCUT2D eigenvalue weighted by molar-refractivity contribution is 6.16. The Bertz CT molecular complexity index is 374. The normalized spacial score (nSPS) is 9.92. The average Bonchev–Trinajstić information content (AvgIpc) is 2.01. The van der Waals surface area contributed by atoms with E-state index in [2.05, 4.69) is 9.97 Å². The number of halogens is 1. The predicted molar refractivity (Wildman–Crippen MR) is 47.3 cm³/mol. The van der Waals surface area contributed by atoms with Crippen LogP contribution in [0, 0.1) is 0 Å². The maximum Gasteiger partial charge on any atom is 0.251 e. The molecule has 1 amide bonds. The van der Waals surface area contributed by atoms with Crippen LogP contribution in [0.2, 0.25) is 0 Å². The molecule has 3 N–H and O–H groups in total. The first-order valence-corrected chi connectivity index (χ1v) is 4.08. The zero-order valence-electron chi connectivity index (χ0n) is 6.71. The molecular formula is C7H8ClN3O2. The van der Waals surface area contributed by atoms with Crippen LogP contribution in [0.15, 0.2) is 10.9 Å². The first kappa shape index (κ1) is 9.73. The second kappa shape index (κ2) is 4.04. The SMILES string of the molecule is NC(=O)Cc1nc(CCl)cc(=O)[nH]1. The lowest BCUT2D eigenvalue weighted by atomic mass is 10.3. The molecule has 0 aromatic carbocycles. The van der Waals surface area contributed by atoms with Crippen molar-refractivity contribution in [1.82, 2.24) is 9.97 Å². The van der Waals surface area contributed by atoms with E-state index in [9.17, 15) is 9.59 Å². The van der Waals surface area contributed by atoms with Gasteiger partial charge in [-0.15, -0.1) is 11.6 Å². The number of alkyl halides is 1. The van der Waals surface area contributed by atoms with Crippen LogP contribution in [0.5, 0.6) is 0 Å². The molecule has 70 valence electrons. The molecule has 1 heterocycles. The number of primary amides is 1. The number of amides is 1. The summed E-state index contributed by atoms with van der Waals surface area (Å²) < 4.78 is 0. The third kappa shape index (κ3) is 2.87. The number of rotatable bonds is 3. The van der Waals surface area contributed by atoms with Crippen molar-refractivity contribution in [3.63, 3.8) is 0 Å². The van der Waals surface area contributed by atoms with Crippen molar-refractivity contribution < 1.29 is 4.79 Å². The van der Waals surface area contributed by atoms with E-state index in [1.165, 1.54) is 6.07 Å². The molecule has 6 heteroatoms. The van der Waals surface area contributed by atoms with E-state index in [0.29, 0.717) is 5.69 Å². The molecule has 0 fully saturated rings. The summed E-state index contributed by atoms with van der Waals surface area (Å²) in [5.41, 5.74) is 5.03. The van der Waals surface area contributed by atoms with Crippen LogP contribution in [-0.2, 0) is 17.1 Å². The number of nitrogens with two attached hydrogens (primary N) is 1. The van der Waals surface area contributed by atoms with Crippen LogP contribution < -0.4 is 11.3 Å². The van der Waals surface area contributed by atoms with Crippen LogP contribution in [0.1, 0.15) is 11.5 Å². The minimum absolute atomic E-state index is 0.0834. The smallest absolute Gasteiger partial charge is 0.251 e. The third-order valence-electron chi connectivity index (χ3n) is 1.32. The molecule has 0 saturated carbocycles. The molecule has 1 aromatic rings. The molecule has 1 aromatic heterocycles. The summed E-state index contributed by atoms with van der Waals surface area (Å²) in [6, 6.07) is 1.28. The molecule has 0 bridgehead atoms. The second-order valence-electron chi connectivity index (χ2n) is 2.46. The number of hydrogen-bond acceptors (Lipinski definition) is 3.